The highest BCUT2D eigenvalue weighted by Gasteiger charge is 2.51. The molecule has 1 fully saturated rings. The Kier molecular flexibility index (Phi) is 4.93. The van der Waals surface area contributed by atoms with E-state index in [4.69, 9.17) is 9.84 Å². The number of hydrogen-bond acceptors (Lipinski definition) is 3. The van der Waals surface area contributed by atoms with E-state index in [0.717, 1.165) is 19.3 Å². The number of carbonyl (C=O) groups is 2. The van der Waals surface area contributed by atoms with Crippen LogP contribution in [0.5, 0.6) is 0 Å². The predicted molar refractivity (Wildman–Crippen MR) is 62.7 cm³/mol. The van der Waals surface area contributed by atoms with Crippen molar-refractivity contribution in [2.75, 3.05) is 26.8 Å². The van der Waals surface area contributed by atoms with Crippen LogP contribution in [0.1, 0.15) is 32.6 Å². The number of hydrogen-bond donors (Lipinski definition) is 1. The van der Waals surface area contributed by atoms with E-state index in [-0.39, 0.29) is 17.9 Å². The molecule has 5 heteroatoms. The third-order valence-electron chi connectivity index (χ3n) is 3.20. The molecular weight excluding hydrogens is 222 g/mol. The lowest BCUT2D eigenvalue weighted by molar-refractivity contribution is -0.147. The van der Waals surface area contributed by atoms with Gasteiger partial charge in [0.15, 0.2) is 0 Å². The normalized spacial score (nSPS) is 16.6. The second-order valence-corrected chi connectivity index (χ2v) is 4.64. The molecule has 1 amide bonds. The molecule has 0 bridgehead atoms. The molecule has 98 valence electrons. The maximum absolute atomic E-state index is 12.3. The second kappa shape index (κ2) is 6.00. The summed E-state index contributed by atoms with van der Waals surface area (Å²) >= 11 is 0. The fourth-order valence-electron chi connectivity index (χ4n) is 2.04. The summed E-state index contributed by atoms with van der Waals surface area (Å²) in [6, 6.07) is 0. The van der Waals surface area contributed by atoms with Crippen molar-refractivity contribution < 1.29 is 19.4 Å². The summed E-state index contributed by atoms with van der Waals surface area (Å²) in [4.78, 5) is 24.5. The van der Waals surface area contributed by atoms with Crippen molar-refractivity contribution in [1.29, 1.82) is 0 Å². The van der Waals surface area contributed by atoms with Crippen molar-refractivity contribution in [3.63, 3.8) is 0 Å². The molecule has 0 aromatic heterocycles. The Morgan fingerprint density at radius 1 is 1.41 bits per heavy atom. The number of methoxy groups -OCH3 is 1. The Labute approximate surface area is 102 Å². The molecule has 0 aromatic carbocycles. The van der Waals surface area contributed by atoms with Gasteiger partial charge < -0.3 is 14.7 Å². The number of carboxylic acids is 1. The topological polar surface area (TPSA) is 66.8 Å². The predicted octanol–water partition coefficient (Wildman–Crippen LogP) is 1.13. The van der Waals surface area contributed by atoms with E-state index in [1.807, 2.05) is 6.92 Å². The number of carbonyl (C=O) groups excluding carboxylic acids is 1. The minimum absolute atomic E-state index is 0.0150. The lowest BCUT2D eigenvalue weighted by Crippen LogP contribution is -2.41. The standard InChI is InChI=1S/C12H21NO4/c1-3-7-13(9-10(14)15)11(16)12(4-5-12)6-8-17-2/h3-9H2,1-2H3,(H,14,15). The van der Waals surface area contributed by atoms with E-state index < -0.39 is 5.97 Å². The molecule has 0 saturated heterocycles. The van der Waals surface area contributed by atoms with Crippen LogP contribution in [-0.4, -0.2) is 48.7 Å². The molecule has 1 aliphatic rings. The van der Waals surface area contributed by atoms with Gasteiger partial charge in [-0.25, -0.2) is 0 Å². The van der Waals surface area contributed by atoms with Gasteiger partial charge in [0, 0.05) is 20.3 Å². The van der Waals surface area contributed by atoms with Gasteiger partial charge in [-0.3, -0.25) is 9.59 Å². The Morgan fingerprint density at radius 2 is 2.06 bits per heavy atom. The van der Waals surface area contributed by atoms with Crippen molar-refractivity contribution in [3.8, 4) is 0 Å². The van der Waals surface area contributed by atoms with Crippen LogP contribution in [0.3, 0.4) is 0 Å². The zero-order valence-electron chi connectivity index (χ0n) is 10.6. The van der Waals surface area contributed by atoms with Gasteiger partial charge in [-0.1, -0.05) is 6.92 Å². The zero-order chi connectivity index (χ0) is 12.9. The van der Waals surface area contributed by atoms with Crippen molar-refractivity contribution in [1.82, 2.24) is 4.90 Å². The van der Waals surface area contributed by atoms with Crippen LogP contribution in [0.15, 0.2) is 0 Å². The van der Waals surface area contributed by atoms with Crippen LogP contribution in [0, 0.1) is 5.41 Å². The monoisotopic (exact) mass is 243 g/mol. The van der Waals surface area contributed by atoms with Gasteiger partial charge in [-0.05, 0) is 25.7 Å². The van der Waals surface area contributed by atoms with Gasteiger partial charge in [0.1, 0.15) is 6.54 Å². The summed E-state index contributed by atoms with van der Waals surface area (Å²) in [5.74, 6) is -0.965. The molecule has 1 saturated carbocycles. The summed E-state index contributed by atoms with van der Waals surface area (Å²) in [5, 5.41) is 8.80. The molecule has 0 unspecified atom stereocenters. The van der Waals surface area contributed by atoms with E-state index in [0.29, 0.717) is 19.6 Å². The van der Waals surface area contributed by atoms with E-state index in [2.05, 4.69) is 0 Å². The third-order valence-corrected chi connectivity index (χ3v) is 3.20. The summed E-state index contributed by atoms with van der Waals surface area (Å²) in [7, 11) is 1.61. The van der Waals surface area contributed by atoms with Gasteiger partial charge in [0.25, 0.3) is 0 Å². The van der Waals surface area contributed by atoms with Gasteiger partial charge >= 0.3 is 5.97 Å². The van der Waals surface area contributed by atoms with Crippen LogP contribution < -0.4 is 0 Å². The van der Waals surface area contributed by atoms with Crippen LogP contribution in [0.4, 0.5) is 0 Å². The zero-order valence-corrected chi connectivity index (χ0v) is 10.6. The smallest absolute Gasteiger partial charge is 0.323 e. The number of aliphatic carboxylic acids is 1. The Balaban J connectivity index is 2.60. The highest BCUT2D eigenvalue weighted by atomic mass is 16.5. The van der Waals surface area contributed by atoms with E-state index in [9.17, 15) is 9.59 Å². The molecule has 0 aromatic rings. The lowest BCUT2D eigenvalue weighted by Gasteiger charge is -2.25. The number of amides is 1. The van der Waals surface area contributed by atoms with Gasteiger partial charge in [0.2, 0.25) is 5.91 Å². The highest BCUT2D eigenvalue weighted by molar-refractivity contribution is 5.88. The van der Waals surface area contributed by atoms with Crippen molar-refractivity contribution in [2.45, 2.75) is 32.6 Å². The first kappa shape index (κ1) is 14.0. The van der Waals surface area contributed by atoms with Gasteiger partial charge in [-0.15, -0.1) is 0 Å². The molecule has 0 atom stereocenters. The molecule has 1 rings (SSSR count). The first-order chi connectivity index (χ1) is 8.05. The first-order valence-electron chi connectivity index (χ1n) is 6.06. The van der Waals surface area contributed by atoms with E-state index >= 15 is 0 Å². The average molecular weight is 243 g/mol. The summed E-state index contributed by atoms with van der Waals surface area (Å²) in [5.41, 5.74) is -0.333. The van der Waals surface area contributed by atoms with Crippen LogP contribution in [0.2, 0.25) is 0 Å². The number of carboxylic acid groups (broad SMARTS) is 1. The average Bonchev–Trinajstić information content (AvgIpc) is 3.05. The Hall–Kier alpha value is -1.10. The van der Waals surface area contributed by atoms with E-state index in [1.54, 1.807) is 7.11 Å². The minimum Gasteiger partial charge on any atom is -0.480 e. The Morgan fingerprint density at radius 3 is 2.47 bits per heavy atom. The number of ether oxygens (including phenoxy) is 1. The van der Waals surface area contributed by atoms with Crippen LogP contribution in [-0.2, 0) is 14.3 Å². The summed E-state index contributed by atoms with van der Waals surface area (Å²) in [6.07, 6.45) is 3.19. The van der Waals surface area contributed by atoms with Crippen molar-refractivity contribution >= 4 is 11.9 Å². The summed E-state index contributed by atoms with van der Waals surface area (Å²) < 4.78 is 5.00. The number of rotatable bonds is 8. The molecule has 5 nitrogen and oxygen atoms in total. The summed E-state index contributed by atoms with van der Waals surface area (Å²) in [6.45, 7) is 2.82. The van der Waals surface area contributed by atoms with Crippen LogP contribution >= 0.6 is 0 Å². The minimum atomic E-state index is -0.950. The SMILES string of the molecule is CCCN(CC(=O)O)C(=O)C1(CCOC)CC1. The molecule has 0 spiro atoms. The molecule has 17 heavy (non-hydrogen) atoms. The highest BCUT2D eigenvalue weighted by Crippen LogP contribution is 2.50. The molecule has 0 aliphatic heterocycles. The molecular formula is C12H21NO4. The largest absolute Gasteiger partial charge is 0.480 e. The number of nitrogens with zero attached hydrogens (tertiary/aromatic N) is 1. The van der Waals surface area contributed by atoms with Crippen LogP contribution in [0.25, 0.3) is 0 Å². The maximum Gasteiger partial charge on any atom is 0.323 e. The van der Waals surface area contributed by atoms with Gasteiger partial charge in [0.05, 0.1) is 5.41 Å². The first-order valence-corrected chi connectivity index (χ1v) is 6.06. The fourth-order valence-corrected chi connectivity index (χ4v) is 2.04. The molecule has 1 aliphatic carbocycles. The van der Waals surface area contributed by atoms with Gasteiger partial charge in [-0.2, -0.15) is 0 Å². The lowest BCUT2D eigenvalue weighted by atomic mass is 10.0. The van der Waals surface area contributed by atoms with E-state index in [1.165, 1.54) is 4.90 Å². The maximum atomic E-state index is 12.3. The molecule has 0 radical (unpaired) electrons. The fraction of sp³-hybridized carbons (Fsp3) is 0.833. The Bertz CT molecular complexity index is 286. The molecule has 0 heterocycles. The third kappa shape index (κ3) is 3.70. The quantitative estimate of drug-likeness (QED) is 0.694. The van der Waals surface area contributed by atoms with Crippen molar-refractivity contribution in [3.05, 3.63) is 0 Å². The second-order valence-electron chi connectivity index (χ2n) is 4.64. The molecule has 1 N–H and O–H groups in total. The van der Waals surface area contributed by atoms with Crippen molar-refractivity contribution in [2.24, 2.45) is 5.41 Å².